The van der Waals surface area contributed by atoms with E-state index >= 15 is 0 Å². The van der Waals surface area contributed by atoms with E-state index in [1.54, 1.807) is 12.1 Å². The van der Waals surface area contributed by atoms with Gasteiger partial charge < -0.3 is 0 Å². The zero-order valence-electron chi connectivity index (χ0n) is 11.9. The van der Waals surface area contributed by atoms with Gasteiger partial charge in [-0.1, -0.05) is 29.3 Å². The Labute approximate surface area is 150 Å². The van der Waals surface area contributed by atoms with Gasteiger partial charge in [0.2, 0.25) is 0 Å². The molecule has 0 saturated carbocycles. The smallest absolute Gasteiger partial charge is 0.276 e. The van der Waals surface area contributed by atoms with Gasteiger partial charge in [-0.15, -0.1) is 11.3 Å². The van der Waals surface area contributed by atoms with Crippen LogP contribution < -0.4 is 5.43 Å². The first-order valence-corrected chi connectivity index (χ1v) is 8.20. The van der Waals surface area contributed by atoms with Gasteiger partial charge in [0.25, 0.3) is 5.91 Å². The summed E-state index contributed by atoms with van der Waals surface area (Å²) in [6.07, 6.45) is 1.14. The Hall–Kier alpha value is -2.22. The van der Waals surface area contributed by atoms with Crippen LogP contribution in [0.5, 0.6) is 0 Å². The van der Waals surface area contributed by atoms with Gasteiger partial charge in [0.05, 0.1) is 26.1 Å². The lowest BCUT2D eigenvalue weighted by atomic mass is 10.2. The third-order valence-corrected chi connectivity index (χ3v) is 4.60. The van der Waals surface area contributed by atoms with Gasteiger partial charge in [-0.2, -0.15) is 10.2 Å². The maximum Gasteiger partial charge on any atom is 0.291 e. The number of hydrazone groups is 1. The summed E-state index contributed by atoms with van der Waals surface area (Å²) < 4.78 is 14.2. The summed E-state index contributed by atoms with van der Waals surface area (Å²) in [5.74, 6) is -1.07. The number of hydrogen-bond acceptors (Lipinski definition) is 4. The van der Waals surface area contributed by atoms with Crippen molar-refractivity contribution in [2.75, 3.05) is 0 Å². The standard InChI is InChI=1S/C15H9Cl2FN4OS/c16-9-2-1-3-10(18)8(9)7-19-22-15(23)12-6-11(20-21-12)13-4-5-14(17)24-13/h1-7H,(H,20,21)(H,22,23)/b19-7+. The van der Waals surface area contributed by atoms with Crippen molar-refractivity contribution in [2.45, 2.75) is 0 Å². The third kappa shape index (κ3) is 3.64. The van der Waals surface area contributed by atoms with Crippen molar-refractivity contribution >= 4 is 46.7 Å². The molecule has 0 atom stereocenters. The van der Waals surface area contributed by atoms with E-state index in [1.807, 2.05) is 6.07 Å². The number of aromatic nitrogens is 2. The molecule has 0 aliphatic carbocycles. The number of carbonyl (C=O) groups is 1. The number of carbonyl (C=O) groups excluding carboxylic acids is 1. The fourth-order valence-corrected chi connectivity index (χ4v) is 3.09. The van der Waals surface area contributed by atoms with Crippen LogP contribution in [-0.2, 0) is 0 Å². The van der Waals surface area contributed by atoms with Crippen LogP contribution in [-0.4, -0.2) is 22.3 Å². The molecule has 0 radical (unpaired) electrons. The zero-order chi connectivity index (χ0) is 17.1. The predicted octanol–water partition coefficient (Wildman–Crippen LogP) is 4.35. The molecule has 0 aliphatic heterocycles. The van der Waals surface area contributed by atoms with Crippen molar-refractivity contribution in [2.24, 2.45) is 5.10 Å². The Balaban J connectivity index is 1.70. The molecule has 0 saturated heterocycles. The largest absolute Gasteiger partial charge is 0.291 e. The number of hydrogen-bond donors (Lipinski definition) is 2. The monoisotopic (exact) mass is 382 g/mol. The molecule has 2 heterocycles. The Kier molecular flexibility index (Phi) is 4.94. The molecule has 1 aromatic carbocycles. The second-order valence-electron chi connectivity index (χ2n) is 4.61. The minimum absolute atomic E-state index is 0.0930. The van der Waals surface area contributed by atoms with Crippen molar-refractivity contribution < 1.29 is 9.18 Å². The number of H-pyrrole nitrogens is 1. The van der Waals surface area contributed by atoms with E-state index in [1.165, 1.54) is 29.5 Å². The molecule has 3 aromatic rings. The Morgan fingerprint density at radius 2 is 2.17 bits per heavy atom. The molecule has 3 rings (SSSR count). The number of halogens is 3. The molecule has 9 heteroatoms. The van der Waals surface area contributed by atoms with Gasteiger partial charge in [0, 0.05) is 5.56 Å². The highest BCUT2D eigenvalue weighted by Gasteiger charge is 2.12. The highest BCUT2D eigenvalue weighted by Crippen LogP contribution is 2.29. The molecule has 0 aliphatic rings. The fraction of sp³-hybridized carbons (Fsp3) is 0. The molecule has 0 unspecified atom stereocenters. The van der Waals surface area contributed by atoms with Crippen LogP contribution in [0.15, 0.2) is 41.5 Å². The summed E-state index contributed by atoms with van der Waals surface area (Å²) in [4.78, 5) is 12.9. The molecule has 5 nitrogen and oxygen atoms in total. The number of thiophene rings is 1. The van der Waals surface area contributed by atoms with Crippen molar-refractivity contribution in [3.63, 3.8) is 0 Å². The molecular formula is C15H9Cl2FN4OS. The van der Waals surface area contributed by atoms with Gasteiger partial charge in [0.15, 0.2) is 5.69 Å². The van der Waals surface area contributed by atoms with Gasteiger partial charge in [-0.05, 0) is 30.3 Å². The van der Waals surface area contributed by atoms with E-state index in [0.29, 0.717) is 10.0 Å². The van der Waals surface area contributed by atoms with Gasteiger partial charge >= 0.3 is 0 Å². The highest BCUT2D eigenvalue weighted by molar-refractivity contribution is 7.19. The number of rotatable bonds is 4. The van der Waals surface area contributed by atoms with Crippen molar-refractivity contribution in [1.82, 2.24) is 15.6 Å². The quantitative estimate of drug-likeness (QED) is 0.520. The zero-order valence-corrected chi connectivity index (χ0v) is 14.2. The first-order valence-electron chi connectivity index (χ1n) is 6.63. The Bertz CT molecular complexity index is 902. The van der Waals surface area contributed by atoms with E-state index in [-0.39, 0.29) is 16.3 Å². The molecule has 2 N–H and O–H groups in total. The summed E-state index contributed by atoms with van der Waals surface area (Å²) in [5, 5.41) is 10.6. The van der Waals surface area contributed by atoms with E-state index < -0.39 is 11.7 Å². The minimum Gasteiger partial charge on any atom is -0.276 e. The first kappa shape index (κ1) is 16.6. The molecule has 0 spiro atoms. The molecule has 24 heavy (non-hydrogen) atoms. The van der Waals surface area contributed by atoms with Crippen molar-refractivity contribution in [3.8, 4) is 10.6 Å². The summed E-state index contributed by atoms with van der Waals surface area (Å²) in [6, 6.07) is 9.41. The normalized spacial score (nSPS) is 11.1. The number of nitrogens with one attached hydrogen (secondary N) is 2. The molecule has 122 valence electrons. The van der Waals surface area contributed by atoms with Crippen LogP contribution in [0.2, 0.25) is 9.36 Å². The van der Waals surface area contributed by atoms with Crippen LogP contribution in [0, 0.1) is 5.82 Å². The SMILES string of the molecule is O=C(N/N=C/c1c(F)cccc1Cl)c1cc(-c2ccc(Cl)s2)[nH]n1. The lowest BCUT2D eigenvalue weighted by Gasteiger charge is -1.99. The number of aromatic amines is 1. The summed E-state index contributed by atoms with van der Waals surface area (Å²) in [7, 11) is 0. The van der Waals surface area contributed by atoms with Crippen LogP contribution in [0.25, 0.3) is 10.6 Å². The van der Waals surface area contributed by atoms with Crippen LogP contribution >= 0.6 is 34.5 Å². The lowest BCUT2D eigenvalue weighted by molar-refractivity contribution is 0.0950. The summed E-state index contributed by atoms with van der Waals surface area (Å²) in [5.41, 5.74) is 3.17. The van der Waals surface area contributed by atoms with Crippen molar-refractivity contribution in [3.05, 3.63) is 62.8 Å². The van der Waals surface area contributed by atoms with Gasteiger partial charge in [0.1, 0.15) is 5.82 Å². The average molecular weight is 383 g/mol. The summed E-state index contributed by atoms with van der Waals surface area (Å²) in [6.45, 7) is 0. The summed E-state index contributed by atoms with van der Waals surface area (Å²) >= 11 is 13.1. The second-order valence-corrected chi connectivity index (χ2v) is 6.73. The van der Waals surface area contributed by atoms with Crippen LogP contribution in [0.1, 0.15) is 16.1 Å². The van der Waals surface area contributed by atoms with E-state index in [0.717, 1.165) is 11.1 Å². The predicted molar refractivity (Wildman–Crippen MR) is 93.4 cm³/mol. The second kappa shape index (κ2) is 7.12. The number of benzene rings is 1. The van der Waals surface area contributed by atoms with Crippen LogP contribution in [0.3, 0.4) is 0 Å². The average Bonchev–Trinajstić information content (AvgIpc) is 3.19. The lowest BCUT2D eigenvalue weighted by Crippen LogP contribution is -2.18. The van der Waals surface area contributed by atoms with E-state index in [4.69, 9.17) is 23.2 Å². The van der Waals surface area contributed by atoms with E-state index in [9.17, 15) is 9.18 Å². The van der Waals surface area contributed by atoms with E-state index in [2.05, 4.69) is 20.7 Å². The van der Waals surface area contributed by atoms with Crippen LogP contribution in [0.4, 0.5) is 4.39 Å². The molecule has 0 bridgehead atoms. The number of nitrogens with zero attached hydrogens (tertiary/aromatic N) is 2. The highest BCUT2D eigenvalue weighted by atomic mass is 35.5. The first-order chi connectivity index (χ1) is 11.5. The molecular weight excluding hydrogens is 374 g/mol. The van der Waals surface area contributed by atoms with Gasteiger partial charge in [-0.3, -0.25) is 9.89 Å². The molecule has 1 amide bonds. The minimum atomic E-state index is -0.538. The topological polar surface area (TPSA) is 70.1 Å². The maximum absolute atomic E-state index is 13.6. The third-order valence-electron chi connectivity index (χ3n) is 3.01. The molecule has 2 aromatic heterocycles. The Morgan fingerprint density at radius 3 is 2.88 bits per heavy atom. The molecule has 0 fully saturated rings. The fourth-order valence-electron chi connectivity index (χ4n) is 1.87. The number of amides is 1. The Morgan fingerprint density at radius 1 is 1.33 bits per heavy atom. The van der Waals surface area contributed by atoms with Gasteiger partial charge in [-0.25, -0.2) is 9.82 Å². The van der Waals surface area contributed by atoms with Crippen molar-refractivity contribution in [1.29, 1.82) is 0 Å². The maximum atomic E-state index is 13.6.